The van der Waals surface area contributed by atoms with Crippen molar-refractivity contribution in [1.82, 2.24) is 15.2 Å². The second kappa shape index (κ2) is 9.67. The van der Waals surface area contributed by atoms with Crippen molar-refractivity contribution in [2.24, 2.45) is 0 Å². The van der Waals surface area contributed by atoms with Crippen LogP contribution in [0.5, 0.6) is 0 Å². The molecule has 0 aliphatic heterocycles. The zero-order valence-corrected chi connectivity index (χ0v) is 17.1. The quantitative estimate of drug-likeness (QED) is 0.573. The van der Waals surface area contributed by atoms with Crippen LogP contribution in [-0.4, -0.2) is 21.8 Å². The van der Waals surface area contributed by atoms with Crippen LogP contribution in [0.15, 0.2) is 59.2 Å². The number of rotatable bonds is 8. The maximum atomic E-state index is 13.0. The van der Waals surface area contributed by atoms with Gasteiger partial charge in [-0.25, -0.2) is 9.37 Å². The Kier molecular flexibility index (Phi) is 7.01. The maximum Gasteiger partial charge on any atom is 0.273 e. The van der Waals surface area contributed by atoms with Crippen molar-refractivity contribution in [2.45, 2.75) is 39.5 Å². The number of amides is 1. The molecule has 1 aromatic heterocycles. The smallest absolute Gasteiger partial charge is 0.273 e. The van der Waals surface area contributed by atoms with Gasteiger partial charge in [0.05, 0.1) is 6.54 Å². The molecule has 3 rings (SSSR count). The highest BCUT2D eigenvalue weighted by atomic mass is 35.5. The third-order valence-corrected chi connectivity index (χ3v) is 4.92. The van der Waals surface area contributed by atoms with Gasteiger partial charge < -0.3 is 9.73 Å². The minimum absolute atomic E-state index is 0.212. The fraction of sp³-hybridized carbons (Fsp3) is 0.273. The first-order valence-corrected chi connectivity index (χ1v) is 9.74. The van der Waals surface area contributed by atoms with Gasteiger partial charge in [-0.15, -0.1) is 0 Å². The van der Waals surface area contributed by atoms with E-state index >= 15 is 0 Å². The van der Waals surface area contributed by atoms with E-state index in [2.05, 4.69) is 29.0 Å². The number of benzene rings is 2. The van der Waals surface area contributed by atoms with Gasteiger partial charge in [-0.1, -0.05) is 41.9 Å². The molecule has 1 N–H and O–H groups in total. The minimum Gasteiger partial charge on any atom is -0.447 e. The van der Waals surface area contributed by atoms with Crippen LogP contribution < -0.4 is 5.32 Å². The van der Waals surface area contributed by atoms with Gasteiger partial charge in [0.2, 0.25) is 5.89 Å². The van der Waals surface area contributed by atoms with Gasteiger partial charge in [-0.05, 0) is 43.2 Å². The normalized spacial score (nSPS) is 11.2. The third kappa shape index (κ3) is 5.89. The molecule has 0 saturated heterocycles. The number of halogens is 2. The van der Waals surface area contributed by atoms with E-state index in [1.165, 1.54) is 18.4 Å². The Balaban J connectivity index is 1.60. The summed E-state index contributed by atoms with van der Waals surface area (Å²) in [7, 11) is 0. The average Bonchev–Trinajstić information content (AvgIpc) is 3.17. The van der Waals surface area contributed by atoms with Crippen molar-refractivity contribution in [2.75, 3.05) is 0 Å². The van der Waals surface area contributed by atoms with Crippen molar-refractivity contribution >= 4 is 17.5 Å². The van der Waals surface area contributed by atoms with Crippen LogP contribution in [0.3, 0.4) is 0 Å². The van der Waals surface area contributed by atoms with E-state index in [0.717, 1.165) is 11.1 Å². The highest BCUT2D eigenvalue weighted by Gasteiger charge is 2.18. The maximum absolute atomic E-state index is 13.0. The van der Waals surface area contributed by atoms with Crippen LogP contribution in [0, 0.1) is 5.82 Å². The summed E-state index contributed by atoms with van der Waals surface area (Å²) in [4.78, 5) is 18.8. The third-order valence-electron chi connectivity index (χ3n) is 4.55. The van der Waals surface area contributed by atoms with E-state index in [1.807, 2.05) is 24.3 Å². The Bertz CT molecular complexity index is 957. The fourth-order valence-corrected chi connectivity index (χ4v) is 3.00. The van der Waals surface area contributed by atoms with E-state index in [1.54, 1.807) is 12.1 Å². The predicted molar refractivity (Wildman–Crippen MR) is 110 cm³/mol. The van der Waals surface area contributed by atoms with Gasteiger partial charge in [0.25, 0.3) is 5.91 Å². The second-order valence-corrected chi connectivity index (χ2v) is 7.43. The molecular formula is C22H23ClFN3O2. The molecule has 0 atom stereocenters. The molecule has 2 aromatic carbocycles. The summed E-state index contributed by atoms with van der Waals surface area (Å²) >= 11 is 6.28. The highest BCUT2D eigenvalue weighted by molar-refractivity contribution is 6.31. The summed E-state index contributed by atoms with van der Waals surface area (Å²) in [6.45, 7) is 5.54. The molecule has 0 fully saturated rings. The molecule has 3 aromatic rings. The fourth-order valence-electron chi connectivity index (χ4n) is 2.80. The molecule has 7 heteroatoms. The van der Waals surface area contributed by atoms with Gasteiger partial charge in [0.15, 0.2) is 5.69 Å². The van der Waals surface area contributed by atoms with Crippen LogP contribution >= 0.6 is 11.6 Å². The van der Waals surface area contributed by atoms with Crippen molar-refractivity contribution in [3.63, 3.8) is 0 Å². The Morgan fingerprint density at radius 3 is 2.59 bits per heavy atom. The zero-order chi connectivity index (χ0) is 20.8. The van der Waals surface area contributed by atoms with Gasteiger partial charge in [0, 0.05) is 24.2 Å². The van der Waals surface area contributed by atoms with E-state index in [9.17, 15) is 9.18 Å². The number of hydrogen-bond acceptors (Lipinski definition) is 4. The standard InChI is InChI=1S/C22H23ClFN3O2/c1-15(2)27(12-17-5-3-4-6-19(17)23)13-21-26-20(14-29-21)22(28)25-11-16-7-9-18(24)10-8-16/h3-10,14-15H,11-13H2,1-2H3,(H,25,28). The molecule has 29 heavy (non-hydrogen) atoms. The van der Waals surface area contributed by atoms with Crippen LogP contribution in [-0.2, 0) is 19.6 Å². The van der Waals surface area contributed by atoms with E-state index in [4.69, 9.17) is 16.0 Å². The van der Waals surface area contributed by atoms with Crippen LogP contribution in [0.25, 0.3) is 0 Å². The number of nitrogens with one attached hydrogen (secondary N) is 1. The summed E-state index contributed by atoms with van der Waals surface area (Å²) in [5.74, 6) is -0.197. The molecule has 0 spiro atoms. The summed E-state index contributed by atoms with van der Waals surface area (Å²) in [6, 6.07) is 13.9. The number of aromatic nitrogens is 1. The number of oxazole rings is 1. The molecule has 0 unspecified atom stereocenters. The minimum atomic E-state index is -0.341. The first kappa shape index (κ1) is 21.0. The largest absolute Gasteiger partial charge is 0.447 e. The highest BCUT2D eigenvalue weighted by Crippen LogP contribution is 2.20. The van der Waals surface area contributed by atoms with Crippen molar-refractivity contribution in [3.8, 4) is 0 Å². The summed E-state index contributed by atoms with van der Waals surface area (Å²) in [6.07, 6.45) is 1.35. The van der Waals surface area contributed by atoms with Crippen LogP contribution in [0.1, 0.15) is 41.4 Å². The molecule has 5 nitrogen and oxygen atoms in total. The van der Waals surface area contributed by atoms with Crippen molar-refractivity contribution in [3.05, 3.63) is 88.3 Å². The lowest BCUT2D eigenvalue weighted by molar-refractivity contribution is 0.0945. The van der Waals surface area contributed by atoms with E-state index in [-0.39, 0.29) is 30.0 Å². The van der Waals surface area contributed by atoms with Crippen molar-refractivity contribution < 1.29 is 13.6 Å². The number of nitrogens with zero attached hydrogens (tertiary/aromatic N) is 2. The first-order valence-electron chi connectivity index (χ1n) is 9.37. The number of hydrogen-bond donors (Lipinski definition) is 1. The van der Waals surface area contributed by atoms with E-state index < -0.39 is 0 Å². The molecule has 0 bridgehead atoms. The predicted octanol–water partition coefficient (Wildman–Crippen LogP) is 4.81. The molecule has 0 radical (unpaired) electrons. The lowest BCUT2D eigenvalue weighted by Crippen LogP contribution is -2.30. The Morgan fingerprint density at radius 1 is 1.17 bits per heavy atom. The SMILES string of the molecule is CC(C)N(Cc1nc(C(=O)NCc2ccc(F)cc2)co1)Cc1ccccc1Cl. The molecule has 152 valence electrons. The Hall–Kier alpha value is -2.70. The number of carbonyl (C=O) groups is 1. The zero-order valence-electron chi connectivity index (χ0n) is 16.4. The summed E-state index contributed by atoms with van der Waals surface area (Å²) in [5.41, 5.74) is 2.03. The number of carbonyl (C=O) groups excluding carboxylic acids is 1. The molecule has 1 heterocycles. The van der Waals surface area contributed by atoms with Crippen molar-refractivity contribution in [1.29, 1.82) is 0 Å². The molecule has 1 amide bonds. The first-order chi connectivity index (χ1) is 13.9. The van der Waals surface area contributed by atoms with Crippen LogP contribution in [0.2, 0.25) is 5.02 Å². The lowest BCUT2D eigenvalue weighted by Gasteiger charge is -2.25. The lowest BCUT2D eigenvalue weighted by atomic mass is 10.2. The molecular weight excluding hydrogens is 393 g/mol. The van der Waals surface area contributed by atoms with Gasteiger partial charge in [0.1, 0.15) is 12.1 Å². The molecule has 0 saturated carbocycles. The van der Waals surface area contributed by atoms with Gasteiger partial charge >= 0.3 is 0 Å². The van der Waals surface area contributed by atoms with Crippen LogP contribution in [0.4, 0.5) is 4.39 Å². The van der Waals surface area contributed by atoms with Gasteiger partial charge in [-0.2, -0.15) is 0 Å². The molecule has 0 aliphatic carbocycles. The Morgan fingerprint density at radius 2 is 1.90 bits per heavy atom. The summed E-state index contributed by atoms with van der Waals surface area (Å²) < 4.78 is 18.5. The van der Waals surface area contributed by atoms with E-state index in [0.29, 0.717) is 24.0 Å². The average molecular weight is 416 g/mol. The Labute approximate surface area is 174 Å². The van der Waals surface area contributed by atoms with Gasteiger partial charge in [-0.3, -0.25) is 9.69 Å². The second-order valence-electron chi connectivity index (χ2n) is 7.03. The summed E-state index contributed by atoms with van der Waals surface area (Å²) in [5, 5.41) is 3.47. The molecule has 0 aliphatic rings. The topological polar surface area (TPSA) is 58.4 Å². The monoisotopic (exact) mass is 415 g/mol.